The van der Waals surface area contributed by atoms with Gasteiger partial charge in [0.05, 0.1) is 17.3 Å². The Labute approximate surface area is 86.5 Å². The minimum atomic E-state index is -0.539. The predicted octanol–water partition coefficient (Wildman–Crippen LogP) is 1.80. The van der Waals surface area contributed by atoms with Gasteiger partial charge >= 0.3 is 0 Å². The number of halogens is 2. The third kappa shape index (κ3) is 2.63. The fourth-order valence-corrected chi connectivity index (χ4v) is 1.09. The van der Waals surface area contributed by atoms with Crippen LogP contribution in [-0.4, -0.2) is 11.7 Å². The molecule has 0 aromatic heterocycles. The highest BCUT2D eigenvalue weighted by Gasteiger charge is 2.03. The van der Waals surface area contributed by atoms with E-state index in [1.165, 1.54) is 12.1 Å². The first-order chi connectivity index (χ1) is 6.65. The van der Waals surface area contributed by atoms with Crippen LogP contribution >= 0.6 is 11.6 Å². The maximum absolute atomic E-state index is 13.0. The maximum atomic E-state index is 13.0. The van der Waals surface area contributed by atoms with Crippen LogP contribution in [0.5, 0.6) is 0 Å². The molecule has 0 amide bonds. The van der Waals surface area contributed by atoms with Crippen LogP contribution in [0.3, 0.4) is 0 Å². The number of nitrogens with two attached hydrogens (primary N) is 1. The van der Waals surface area contributed by atoms with Crippen LogP contribution in [0.1, 0.15) is 12.0 Å². The predicted molar refractivity (Wildman–Crippen MR) is 54.4 cm³/mol. The van der Waals surface area contributed by atoms with Crippen LogP contribution in [0.4, 0.5) is 10.1 Å². The molecule has 1 aromatic rings. The lowest BCUT2D eigenvalue weighted by Crippen LogP contribution is -1.92. The van der Waals surface area contributed by atoms with E-state index >= 15 is 0 Å². The summed E-state index contributed by atoms with van der Waals surface area (Å²) >= 11 is 5.77. The smallest absolute Gasteiger partial charge is 0.147 e. The highest BCUT2D eigenvalue weighted by molar-refractivity contribution is 6.32. The lowest BCUT2D eigenvalue weighted by atomic mass is 10.2. The van der Waals surface area contributed by atoms with E-state index in [1.807, 2.05) is 0 Å². The van der Waals surface area contributed by atoms with Crippen molar-refractivity contribution >= 4 is 17.3 Å². The van der Waals surface area contributed by atoms with Crippen molar-refractivity contribution in [2.24, 2.45) is 0 Å². The molecule has 0 heterocycles. The van der Waals surface area contributed by atoms with E-state index in [1.54, 1.807) is 0 Å². The molecule has 3 N–H and O–H groups in total. The quantitative estimate of drug-likeness (QED) is 0.552. The highest BCUT2D eigenvalue weighted by atomic mass is 35.5. The molecule has 0 aliphatic heterocycles. The van der Waals surface area contributed by atoms with Crippen molar-refractivity contribution in [2.45, 2.75) is 6.42 Å². The average molecular weight is 214 g/mol. The van der Waals surface area contributed by atoms with Gasteiger partial charge < -0.3 is 10.8 Å². The summed E-state index contributed by atoms with van der Waals surface area (Å²) in [5.41, 5.74) is 5.68. The Bertz CT molecular complexity index is 395. The van der Waals surface area contributed by atoms with Crippen LogP contribution in [0.2, 0.25) is 5.02 Å². The number of hydrogen-bond acceptors (Lipinski definition) is 2. The Hall–Kier alpha value is -1.24. The normalized spacial score (nSPS) is 9.36. The zero-order valence-corrected chi connectivity index (χ0v) is 8.11. The Morgan fingerprint density at radius 2 is 2.21 bits per heavy atom. The number of aliphatic hydroxyl groups is 1. The van der Waals surface area contributed by atoms with E-state index in [0.29, 0.717) is 17.0 Å². The third-order valence-corrected chi connectivity index (χ3v) is 1.86. The first kappa shape index (κ1) is 10.8. The second-order valence-electron chi connectivity index (χ2n) is 2.63. The van der Waals surface area contributed by atoms with E-state index < -0.39 is 5.82 Å². The van der Waals surface area contributed by atoms with Crippen LogP contribution in [0.15, 0.2) is 12.1 Å². The minimum absolute atomic E-state index is 0.00251. The summed E-state index contributed by atoms with van der Waals surface area (Å²) in [5.74, 6) is 4.75. The van der Waals surface area contributed by atoms with Gasteiger partial charge in [0.1, 0.15) is 5.82 Å². The largest absolute Gasteiger partial charge is 0.396 e. The monoisotopic (exact) mass is 213 g/mol. The van der Waals surface area contributed by atoms with Crippen LogP contribution in [0.25, 0.3) is 0 Å². The van der Waals surface area contributed by atoms with Gasteiger partial charge in [-0.15, -0.1) is 0 Å². The molecular formula is C10H9ClFNO. The summed E-state index contributed by atoms with van der Waals surface area (Å²) in [7, 11) is 0. The number of hydrogen-bond donors (Lipinski definition) is 2. The SMILES string of the molecule is Nc1cc(Cl)c(C#CCCO)cc1F. The lowest BCUT2D eigenvalue weighted by Gasteiger charge is -1.99. The zero-order chi connectivity index (χ0) is 10.6. The highest BCUT2D eigenvalue weighted by Crippen LogP contribution is 2.21. The molecule has 2 nitrogen and oxygen atoms in total. The van der Waals surface area contributed by atoms with Gasteiger partial charge in [-0.3, -0.25) is 0 Å². The zero-order valence-electron chi connectivity index (χ0n) is 7.35. The van der Waals surface area contributed by atoms with E-state index in [0.717, 1.165) is 0 Å². The minimum Gasteiger partial charge on any atom is -0.396 e. The van der Waals surface area contributed by atoms with Crippen molar-refractivity contribution < 1.29 is 9.50 Å². The van der Waals surface area contributed by atoms with Gasteiger partial charge in [-0.05, 0) is 12.1 Å². The number of benzene rings is 1. The molecule has 74 valence electrons. The summed E-state index contributed by atoms with van der Waals surface area (Å²) in [6.07, 6.45) is 0.336. The van der Waals surface area contributed by atoms with Crippen LogP contribution in [0, 0.1) is 17.7 Å². The molecule has 0 saturated heterocycles. The number of aliphatic hydroxyl groups excluding tert-OH is 1. The molecule has 0 spiro atoms. The molecular weight excluding hydrogens is 205 g/mol. The molecule has 0 aliphatic carbocycles. The van der Waals surface area contributed by atoms with Gasteiger partial charge in [-0.25, -0.2) is 4.39 Å². The van der Waals surface area contributed by atoms with E-state index in [4.69, 9.17) is 22.4 Å². The van der Waals surface area contributed by atoms with Gasteiger partial charge in [0.15, 0.2) is 0 Å². The van der Waals surface area contributed by atoms with Crippen molar-refractivity contribution in [2.75, 3.05) is 12.3 Å². The summed E-state index contributed by atoms with van der Waals surface area (Å²) in [5, 5.41) is 8.80. The Morgan fingerprint density at radius 3 is 2.86 bits per heavy atom. The maximum Gasteiger partial charge on any atom is 0.147 e. The van der Waals surface area contributed by atoms with E-state index in [-0.39, 0.29) is 12.3 Å². The molecule has 0 saturated carbocycles. The molecule has 0 unspecified atom stereocenters. The second-order valence-corrected chi connectivity index (χ2v) is 3.04. The molecule has 0 radical (unpaired) electrons. The molecule has 1 rings (SSSR count). The van der Waals surface area contributed by atoms with E-state index in [2.05, 4.69) is 11.8 Å². The summed E-state index contributed by atoms with van der Waals surface area (Å²) in [6, 6.07) is 2.50. The Balaban J connectivity index is 3.00. The van der Waals surface area contributed by atoms with Crippen LogP contribution < -0.4 is 5.73 Å². The number of rotatable bonds is 1. The standard InChI is InChI=1S/C10H9ClFNO/c11-8-6-10(13)9(12)5-7(8)3-1-2-4-14/h5-6,14H,2,4,13H2. The molecule has 0 atom stereocenters. The van der Waals surface area contributed by atoms with Gasteiger partial charge in [0.2, 0.25) is 0 Å². The Morgan fingerprint density at radius 1 is 1.50 bits per heavy atom. The molecule has 0 bridgehead atoms. The van der Waals surface area contributed by atoms with Crippen molar-refractivity contribution in [3.8, 4) is 11.8 Å². The molecule has 4 heteroatoms. The van der Waals surface area contributed by atoms with Crippen molar-refractivity contribution in [1.82, 2.24) is 0 Å². The van der Waals surface area contributed by atoms with Gasteiger partial charge in [-0.2, -0.15) is 0 Å². The van der Waals surface area contributed by atoms with Gasteiger partial charge in [0, 0.05) is 12.0 Å². The average Bonchev–Trinajstić information content (AvgIpc) is 2.14. The number of nitrogen functional groups attached to an aromatic ring is 1. The second kappa shape index (κ2) is 4.85. The Kier molecular flexibility index (Phi) is 3.75. The first-order valence-electron chi connectivity index (χ1n) is 3.99. The van der Waals surface area contributed by atoms with Gasteiger partial charge in [0.25, 0.3) is 0 Å². The molecule has 0 fully saturated rings. The van der Waals surface area contributed by atoms with Gasteiger partial charge in [-0.1, -0.05) is 23.4 Å². The van der Waals surface area contributed by atoms with Crippen molar-refractivity contribution in [3.05, 3.63) is 28.5 Å². The molecule has 1 aromatic carbocycles. The summed E-state index contributed by atoms with van der Waals surface area (Å²) < 4.78 is 13.0. The lowest BCUT2D eigenvalue weighted by molar-refractivity contribution is 0.305. The van der Waals surface area contributed by atoms with Crippen LogP contribution in [-0.2, 0) is 0 Å². The summed E-state index contributed by atoms with van der Waals surface area (Å²) in [6.45, 7) is -0.0257. The first-order valence-corrected chi connectivity index (χ1v) is 4.37. The molecule has 0 aliphatic rings. The van der Waals surface area contributed by atoms with Crippen molar-refractivity contribution in [3.63, 3.8) is 0 Å². The van der Waals surface area contributed by atoms with E-state index in [9.17, 15) is 4.39 Å². The number of anilines is 1. The summed E-state index contributed by atoms with van der Waals surface area (Å²) in [4.78, 5) is 0. The fraction of sp³-hybridized carbons (Fsp3) is 0.200. The fourth-order valence-electron chi connectivity index (χ4n) is 0.872. The van der Waals surface area contributed by atoms with Crippen molar-refractivity contribution in [1.29, 1.82) is 0 Å². The topological polar surface area (TPSA) is 46.2 Å². The molecule has 14 heavy (non-hydrogen) atoms. The third-order valence-electron chi connectivity index (χ3n) is 1.55.